The van der Waals surface area contributed by atoms with Gasteiger partial charge in [-0.2, -0.15) is 0 Å². The molecule has 0 bridgehead atoms. The largest absolute Gasteiger partial charge is 1.00 e. The maximum atomic E-state index is 10.6. The van der Waals surface area contributed by atoms with Crippen molar-refractivity contribution in [1.82, 2.24) is 0 Å². The van der Waals surface area contributed by atoms with Gasteiger partial charge in [-0.15, -0.1) is 11.5 Å². The minimum Gasteiger partial charge on any atom is -0.872 e. The standard InChI is InChI=1S/2C7H8O.3Na/c1-6-2-4-7(8)5-3-6;1-6-4-2-3-5-7(6)8;;;/h2*2-5,8H,1H3;;;/q;;3*+1/p-2. The number of benzene rings is 2. The van der Waals surface area contributed by atoms with E-state index in [1.165, 1.54) is 0 Å². The Balaban J connectivity index is -0.000000233. The number of aryl methyl sites for hydroxylation is 2. The molecule has 2 nitrogen and oxygen atoms in total. The van der Waals surface area contributed by atoms with Crippen LogP contribution in [0.4, 0.5) is 0 Å². The van der Waals surface area contributed by atoms with Crippen LogP contribution >= 0.6 is 0 Å². The minimum absolute atomic E-state index is 0. The summed E-state index contributed by atoms with van der Waals surface area (Å²) in [4.78, 5) is 0. The third kappa shape index (κ3) is 11.4. The summed E-state index contributed by atoms with van der Waals surface area (Å²) in [6.45, 7) is 3.77. The van der Waals surface area contributed by atoms with Crippen molar-refractivity contribution < 1.29 is 98.9 Å². The van der Waals surface area contributed by atoms with Crippen LogP contribution in [0.3, 0.4) is 0 Å². The van der Waals surface area contributed by atoms with E-state index in [1.54, 1.807) is 24.3 Å². The van der Waals surface area contributed by atoms with Gasteiger partial charge in [0.1, 0.15) is 0 Å². The topological polar surface area (TPSA) is 46.1 Å². The number of hydrogen-bond donors (Lipinski definition) is 0. The molecule has 0 aliphatic rings. The van der Waals surface area contributed by atoms with Crippen LogP contribution in [0.2, 0.25) is 0 Å². The Labute approximate surface area is 181 Å². The van der Waals surface area contributed by atoms with Crippen molar-refractivity contribution in [2.75, 3.05) is 0 Å². The average Bonchev–Trinajstić information content (AvgIpc) is 2.28. The Hall–Kier alpha value is 1.04. The van der Waals surface area contributed by atoms with Crippen molar-refractivity contribution in [1.29, 1.82) is 0 Å². The Morgan fingerprint density at radius 3 is 1.47 bits per heavy atom. The van der Waals surface area contributed by atoms with E-state index in [0.29, 0.717) is 0 Å². The average molecular weight is 283 g/mol. The third-order valence-electron chi connectivity index (χ3n) is 2.11. The molecule has 0 spiro atoms. The van der Waals surface area contributed by atoms with Gasteiger partial charge in [0.05, 0.1) is 0 Å². The van der Waals surface area contributed by atoms with Crippen molar-refractivity contribution in [3.8, 4) is 11.5 Å². The second-order valence-corrected chi connectivity index (χ2v) is 3.58. The number of hydrogen-bond acceptors (Lipinski definition) is 2. The predicted molar refractivity (Wildman–Crippen MR) is 61.3 cm³/mol. The number of rotatable bonds is 0. The first kappa shape index (κ1) is 25.0. The van der Waals surface area contributed by atoms with Gasteiger partial charge in [0.25, 0.3) is 0 Å². The SMILES string of the molecule is Cc1ccc([O-])cc1.Cc1ccccc1[O-].[Na+].[Na+].[Na+]. The fourth-order valence-corrected chi connectivity index (χ4v) is 1.09. The van der Waals surface area contributed by atoms with E-state index in [1.807, 2.05) is 38.1 Å². The third-order valence-corrected chi connectivity index (χ3v) is 2.11. The van der Waals surface area contributed by atoms with Crippen molar-refractivity contribution in [3.63, 3.8) is 0 Å². The van der Waals surface area contributed by atoms with Crippen LogP contribution in [0.25, 0.3) is 0 Å². The monoisotopic (exact) mass is 283 g/mol. The van der Waals surface area contributed by atoms with Gasteiger partial charge in [-0.25, -0.2) is 0 Å². The van der Waals surface area contributed by atoms with E-state index >= 15 is 0 Å². The zero-order valence-electron chi connectivity index (χ0n) is 12.4. The van der Waals surface area contributed by atoms with Crippen LogP contribution in [-0.2, 0) is 0 Å². The van der Waals surface area contributed by atoms with Crippen LogP contribution in [-0.4, -0.2) is 0 Å². The fraction of sp³-hybridized carbons (Fsp3) is 0.143. The molecule has 2 aromatic carbocycles. The molecule has 5 heteroatoms. The Morgan fingerprint density at radius 2 is 1.16 bits per heavy atom. The summed E-state index contributed by atoms with van der Waals surface area (Å²) in [7, 11) is 0. The summed E-state index contributed by atoms with van der Waals surface area (Å²) in [6.07, 6.45) is 0. The zero-order chi connectivity index (χ0) is 12.0. The Morgan fingerprint density at radius 1 is 0.684 bits per heavy atom. The smallest absolute Gasteiger partial charge is 0.872 e. The predicted octanol–water partition coefficient (Wildman–Crippen LogP) is -6.85. The molecule has 0 amide bonds. The molecule has 0 radical (unpaired) electrons. The molecule has 0 atom stereocenters. The van der Waals surface area contributed by atoms with E-state index in [2.05, 4.69) is 0 Å². The van der Waals surface area contributed by atoms with Crippen LogP contribution < -0.4 is 98.9 Å². The molecular weight excluding hydrogens is 269 g/mol. The normalized spacial score (nSPS) is 7.68. The molecule has 84 valence electrons. The molecule has 2 aromatic rings. The Kier molecular flexibility index (Phi) is 18.4. The molecule has 0 saturated carbocycles. The molecule has 0 aliphatic heterocycles. The first-order valence-corrected chi connectivity index (χ1v) is 5.06. The minimum atomic E-state index is 0. The molecule has 0 saturated heterocycles. The van der Waals surface area contributed by atoms with Gasteiger partial charge in [-0.05, 0) is 13.8 Å². The first-order valence-electron chi connectivity index (χ1n) is 5.06. The summed E-state index contributed by atoms with van der Waals surface area (Å²) in [5.41, 5.74) is 1.94. The maximum Gasteiger partial charge on any atom is 1.00 e. The zero-order valence-corrected chi connectivity index (χ0v) is 18.4. The van der Waals surface area contributed by atoms with Gasteiger partial charge < -0.3 is 10.2 Å². The molecule has 0 heterocycles. The quantitative estimate of drug-likeness (QED) is 0.451. The van der Waals surface area contributed by atoms with E-state index in [4.69, 9.17) is 0 Å². The molecular formula is C14H14Na3O2+. The second kappa shape index (κ2) is 14.0. The van der Waals surface area contributed by atoms with E-state index < -0.39 is 0 Å². The van der Waals surface area contributed by atoms with Gasteiger partial charge in [0.15, 0.2) is 0 Å². The van der Waals surface area contributed by atoms with Gasteiger partial charge in [-0.3, -0.25) is 0 Å². The van der Waals surface area contributed by atoms with Crippen LogP contribution in [0, 0.1) is 13.8 Å². The summed E-state index contributed by atoms with van der Waals surface area (Å²) in [5.74, 6) is 0.197. The molecule has 2 rings (SSSR count). The maximum absolute atomic E-state index is 10.6. The fourth-order valence-electron chi connectivity index (χ4n) is 1.09. The molecule has 0 fully saturated rings. The van der Waals surface area contributed by atoms with Gasteiger partial charge >= 0.3 is 88.7 Å². The molecule has 0 N–H and O–H groups in total. The van der Waals surface area contributed by atoms with Crippen LogP contribution in [0.15, 0.2) is 48.5 Å². The molecule has 0 unspecified atom stereocenters. The second-order valence-electron chi connectivity index (χ2n) is 3.58. The number of para-hydroxylation sites is 1. The van der Waals surface area contributed by atoms with Crippen LogP contribution in [0.5, 0.6) is 11.5 Å². The Bertz CT molecular complexity index is 403. The molecule has 0 aliphatic carbocycles. The van der Waals surface area contributed by atoms with E-state index in [9.17, 15) is 10.2 Å². The van der Waals surface area contributed by atoms with Crippen LogP contribution in [0.1, 0.15) is 11.1 Å². The van der Waals surface area contributed by atoms with E-state index in [-0.39, 0.29) is 100 Å². The summed E-state index contributed by atoms with van der Waals surface area (Å²) >= 11 is 0. The summed E-state index contributed by atoms with van der Waals surface area (Å²) in [5, 5.41) is 21.0. The first-order chi connectivity index (χ1) is 7.59. The van der Waals surface area contributed by atoms with Gasteiger partial charge in [0.2, 0.25) is 0 Å². The summed E-state index contributed by atoms with van der Waals surface area (Å²) < 4.78 is 0. The van der Waals surface area contributed by atoms with Gasteiger partial charge in [0, 0.05) is 0 Å². The van der Waals surface area contributed by atoms with Crippen molar-refractivity contribution >= 4 is 0 Å². The molecule has 0 aromatic heterocycles. The van der Waals surface area contributed by atoms with Crippen molar-refractivity contribution in [2.45, 2.75) is 13.8 Å². The van der Waals surface area contributed by atoms with Gasteiger partial charge in [-0.1, -0.05) is 59.7 Å². The van der Waals surface area contributed by atoms with E-state index in [0.717, 1.165) is 11.1 Å². The van der Waals surface area contributed by atoms with Crippen molar-refractivity contribution in [2.24, 2.45) is 0 Å². The van der Waals surface area contributed by atoms with Crippen molar-refractivity contribution in [3.05, 3.63) is 59.7 Å². The molecule has 19 heavy (non-hydrogen) atoms. The summed E-state index contributed by atoms with van der Waals surface area (Å²) in [6, 6.07) is 13.7.